The van der Waals surface area contributed by atoms with Crippen molar-refractivity contribution in [1.82, 2.24) is 0 Å². The molecule has 254 valence electrons. The van der Waals surface area contributed by atoms with Crippen LogP contribution in [-0.4, -0.2) is 79.3 Å². The van der Waals surface area contributed by atoms with E-state index in [1.807, 2.05) is 0 Å². The highest BCUT2D eigenvalue weighted by molar-refractivity contribution is 5.83. The largest absolute Gasteiger partial charge is 0.507 e. The summed E-state index contributed by atoms with van der Waals surface area (Å²) < 4.78 is 25.4. The molecule has 4 N–H and O–H groups in total. The lowest BCUT2D eigenvalue weighted by Gasteiger charge is -2.26. The molecule has 12 heteroatoms. The lowest BCUT2D eigenvalue weighted by Crippen LogP contribution is -2.25. The molecule has 5 rings (SSSR count). The van der Waals surface area contributed by atoms with E-state index in [1.54, 1.807) is 18.2 Å². The molecule has 1 aliphatic heterocycles. The van der Waals surface area contributed by atoms with Gasteiger partial charge in [-0.15, -0.1) is 0 Å². The van der Waals surface area contributed by atoms with Gasteiger partial charge in [0, 0.05) is 6.61 Å². The number of rotatable bonds is 8. The number of aromatic hydroxyl groups is 3. The van der Waals surface area contributed by atoms with Gasteiger partial charge in [-0.3, -0.25) is 14.4 Å². The molecule has 0 bridgehead atoms. The van der Waals surface area contributed by atoms with Crippen LogP contribution in [0.2, 0.25) is 0 Å². The van der Waals surface area contributed by atoms with Gasteiger partial charge in [0.15, 0.2) is 12.6 Å². The minimum atomic E-state index is -0.638. The smallest absolute Gasteiger partial charge is 0.308 e. The Balaban J connectivity index is 0.000000199. The predicted molar refractivity (Wildman–Crippen MR) is 165 cm³/mol. The number of aliphatic hydroxyl groups excluding tert-OH is 1. The summed E-state index contributed by atoms with van der Waals surface area (Å²) in [6, 6.07) is 9.30. The molecule has 12 nitrogen and oxygen atoms in total. The first-order chi connectivity index (χ1) is 22.2. The van der Waals surface area contributed by atoms with Crippen molar-refractivity contribution in [3.63, 3.8) is 0 Å². The van der Waals surface area contributed by atoms with E-state index in [2.05, 4.69) is 4.74 Å². The molecular formula is C34H46O12. The van der Waals surface area contributed by atoms with Crippen LogP contribution in [0.5, 0.6) is 23.0 Å². The molecule has 46 heavy (non-hydrogen) atoms. The number of carbonyl (C=O) groups excluding carboxylic acids is 3. The lowest BCUT2D eigenvalue weighted by molar-refractivity contribution is -0.147. The summed E-state index contributed by atoms with van der Waals surface area (Å²) in [5.41, 5.74) is 0.487. The van der Waals surface area contributed by atoms with Crippen molar-refractivity contribution >= 4 is 18.2 Å². The number of phenols is 3. The minimum absolute atomic E-state index is 0.00226. The molecule has 3 aliphatic rings. The van der Waals surface area contributed by atoms with Crippen LogP contribution in [0.15, 0.2) is 36.4 Å². The van der Waals surface area contributed by atoms with E-state index in [0.29, 0.717) is 49.3 Å². The number of hydrogen-bond acceptors (Lipinski definition) is 12. The summed E-state index contributed by atoms with van der Waals surface area (Å²) in [6.07, 6.45) is 7.02. The molecule has 1 heterocycles. The molecule has 0 spiro atoms. The van der Waals surface area contributed by atoms with Gasteiger partial charge >= 0.3 is 11.9 Å². The topological polar surface area (TPSA) is 178 Å². The van der Waals surface area contributed by atoms with Crippen molar-refractivity contribution in [2.75, 3.05) is 40.6 Å². The third kappa shape index (κ3) is 10.6. The highest BCUT2D eigenvalue weighted by Crippen LogP contribution is 2.37. The van der Waals surface area contributed by atoms with Crippen LogP contribution in [-0.2, 0) is 28.5 Å². The number of aldehydes is 1. The second kappa shape index (κ2) is 18.9. The summed E-state index contributed by atoms with van der Waals surface area (Å²) in [7, 11) is 2.85. The van der Waals surface area contributed by atoms with Crippen molar-refractivity contribution in [2.24, 2.45) is 23.7 Å². The lowest BCUT2D eigenvalue weighted by atomic mass is 9.82. The third-order valence-electron chi connectivity index (χ3n) is 8.57. The number of phenolic OH excluding ortho intramolecular Hbond substituents is 3. The number of hydrogen-bond donors (Lipinski definition) is 4. The molecule has 0 aromatic heterocycles. The van der Waals surface area contributed by atoms with E-state index in [9.17, 15) is 29.7 Å². The number of methoxy groups -OCH3 is 2. The van der Waals surface area contributed by atoms with Gasteiger partial charge in [-0.05, 0) is 87.5 Å². The standard InChI is InChI=1S/C16H20O5.C9H10O4.C9H16O3/c1-20-16(19)12-7-5-11(6-8-12)10-21-15-4-2-3-14(18)13(15)9-17;10-6-2-1-3-7(11)8(6)9-12-4-5-13-9;1-12-9(11)8-4-2-7(6-10)3-5-8/h2-4,9,11-12,18H,5-8,10H2,1H3;1-3,9-11H,4-5H2;7-8,10H,2-6H2,1H3. The molecule has 2 aromatic carbocycles. The van der Waals surface area contributed by atoms with Crippen LogP contribution in [0.4, 0.5) is 0 Å². The number of carbonyl (C=O) groups is 3. The molecular weight excluding hydrogens is 600 g/mol. The highest BCUT2D eigenvalue weighted by Gasteiger charge is 2.28. The molecule has 0 atom stereocenters. The van der Waals surface area contributed by atoms with E-state index in [4.69, 9.17) is 24.1 Å². The zero-order chi connectivity index (χ0) is 33.5. The SMILES string of the molecule is COC(=O)C1CCC(CO)CC1.COC(=O)C1CCC(COc2cccc(O)c2C=O)CC1.Oc1cccc(O)c1C1OCCO1. The average molecular weight is 647 g/mol. The Kier molecular flexibility index (Phi) is 15.1. The van der Waals surface area contributed by atoms with Gasteiger partial charge in [0.25, 0.3) is 0 Å². The van der Waals surface area contributed by atoms with Gasteiger partial charge in [-0.25, -0.2) is 0 Å². The fourth-order valence-corrected chi connectivity index (χ4v) is 5.77. The van der Waals surface area contributed by atoms with Crippen LogP contribution in [0.1, 0.15) is 73.6 Å². The fraction of sp³-hybridized carbons (Fsp3) is 0.559. The Bertz CT molecular complexity index is 1220. The van der Waals surface area contributed by atoms with Gasteiger partial charge in [0.1, 0.15) is 23.0 Å². The highest BCUT2D eigenvalue weighted by atomic mass is 16.7. The number of benzene rings is 2. The maximum Gasteiger partial charge on any atom is 0.308 e. The molecule has 3 fully saturated rings. The Morgan fingerprint density at radius 2 is 1.24 bits per heavy atom. The first-order valence-corrected chi connectivity index (χ1v) is 15.6. The number of ether oxygens (including phenoxy) is 5. The zero-order valence-electron chi connectivity index (χ0n) is 26.5. The minimum Gasteiger partial charge on any atom is -0.507 e. The third-order valence-corrected chi connectivity index (χ3v) is 8.57. The van der Waals surface area contributed by atoms with Crippen LogP contribution in [0.3, 0.4) is 0 Å². The Morgan fingerprint density at radius 3 is 1.72 bits per heavy atom. The van der Waals surface area contributed by atoms with Gasteiger partial charge in [-0.1, -0.05) is 12.1 Å². The second-order valence-electron chi connectivity index (χ2n) is 11.6. The summed E-state index contributed by atoms with van der Waals surface area (Å²) in [4.78, 5) is 33.5. The first kappa shape index (κ1) is 36.6. The van der Waals surface area contributed by atoms with Crippen LogP contribution in [0.25, 0.3) is 0 Å². The molecule has 2 saturated carbocycles. The molecule has 0 radical (unpaired) electrons. The average Bonchev–Trinajstić information content (AvgIpc) is 3.62. The molecule has 0 amide bonds. The maximum atomic E-state index is 11.5. The van der Waals surface area contributed by atoms with Gasteiger partial charge < -0.3 is 44.1 Å². The quantitative estimate of drug-likeness (QED) is 0.231. The number of esters is 2. The summed E-state index contributed by atoms with van der Waals surface area (Å²) >= 11 is 0. The van der Waals surface area contributed by atoms with Crippen molar-refractivity contribution in [3.8, 4) is 23.0 Å². The second-order valence-corrected chi connectivity index (χ2v) is 11.6. The Morgan fingerprint density at radius 1 is 0.761 bits per heavy atom. The van der Waals surface area contributed by atoms with E-state index in [0.717, 1.165) is 51.4 Å². The summed E-state index contributed by atoms with van der Waals surface area (Å²) in [5.74, 6) is 0.932. The van der Waals surface area contributed by atoms with Crippen LogP contribution in [0, 0.1) is 23.7 Å². The summed E-state index contributed by atoms with van der Waals surface area (Å²) in [6.45, 7) is 1.71. The van der Waals surface area contributed by atoms with E-state index in [-0.39, 0.29) is 53.2 Å². The van der Waals surface area contributed by atoms with Gasteiger partial charge in [0.05, 0.1) is 57.0 Å². The molecule has 2 aromatic rings. The molecule has 1 saturated heterocycles. The van der Waals surface area contributed by atoms with Gasteiger partial charge in [0.2, 0.25) is 0 Å². The van der Waals surface area contributed by atoms with Crippen LogP contribution < -0.4 is 4.74 Å². The maximum absolute atomic E-state index is 11.5. The van der Waals surface area contributed by atoms with Gasteiger partial charge in [-0.2, -0.15) is 0 Å². The first-order valence-electron chi connectivity index (χ1n) is 15.6. The van der Waals surface area contributed by atoms with Crippen LogP contribution >= 0.6 is 0 Å². The molecule has 2 aliphatic carbocycles. The van der Waals surface area contributed by atoms with Crippen molar-refractivity contribution < 1.29 is 58.5 Å². The van der Waals surface area contributed by atoms with Crippen molar-refractivity contribution in [1.29, 1.82) is 0 Å². The molecule has 0 unspecified atom stereocenters. The van der Waals surface area contributed by atoms with E-state index >= 15 is 0 Å². The summed E-state index contributed by atoms with van der Waals surface area (Å²) in [5, 5.41) is 37.3. The Hall–Kier alpha value is -3.87. The normalized spacial score (nSPS) is 22.7. The van der Waals surface area contributed by atoms with Crippen molar-refractivity contribution in [3.05, 3.63) is 47.5 Å². The van der Waals surface area contributed by atoms with E-state index < -0.39 is 6.29 Å². The fourth-order valence-electron chi connectivity index (χ4n) is 5.77. The number of aliphatic hydroxyl groups is 1. The van der Waals surface area contributed by atoms with E-state index in [1.165, 1.54) is 32.4 Å². The Labute approximate surface area is 269 Å². The monoisotopic (exact) mass is 646 g/mol. The van der Waals surface area contributed by atoms with Crippen molar-refractivity contribution in [2.45, 2.75) is 57.7 Å². The predicted octanol–water partition coefficient (Wildman–Crippen LogP) is 4.66. The zero-order valence-corrected chi connectivity index (χ0v) is 26.5.